The van der Waals surface area contributed by atoms with E-state index in [0.29, 0.717) is 34.7 Å². The van der Waals surface area contributed by atoms with Crippen LogP contribution in [0.4, 0.5) is 0 Å². The van der Waals surface area contributed by atoms with Gasteiger partial charge in [-0.2, -0.15) is 0 Å². The van der Waals surface area contributed by atoms with E-state index in [-0.39, 0.29) is 5.56 Å². The lowest BCUT2D eigenvalue weighted by molar-refractivity contribution is 0.556. The summed E-state index contributed by atoms with van der Waals surface area (Å²) in [7, 11) is 0. The van der Waals surface area contributed by atoms with Crippen molar-refractivity contribution in [3.8, 4) is 5.69 Å². The molecule has 0 saturated heterocycles. The van der Waals surface area contributed by atoms with E-state index in [2.05, 4.69) is 45.0 Å². The number of aryl methyl sites for hydroxylation is 1. The Bertz CT molecular complexity index is 1530. The summed E-state index contributed by atoms with van der Waals surface area (Å²) >= 11 is 0. The number of hydrogen-bond acceptors (Lipinski definition) is 4. The van der Waals surface area contributed by atoms with Crippen LogP contribution in [0.3, 0.4) is 0 Å². The topological polar surface area (TPSA) is 65.6 Å². The lowest BCUT2D eigenvalue weighted by Gasteiger charge is -2.11. The first-order chi connectivity index (χ1) is 17.1. The van der Waals surface area contributed by atoms with E-state index in [1.807, 2.05) is 28.8 Å². The fourth-order valence-electron chi connectivity index (χ4n) is 4.75. The van der Waals surface area contributed by atoms with E-state index in [4.69, 9.17) is 15.0 Å². The Morgan fingerprint density at radius 1 is 0.857 bits per heavy atom. The number of hydrogen-bond donors (Lipinski definition) is 0. The molecule has 0 aliphatic carbocycles. The second-order valence-electron chi connectivity index (χ2n) is 9.48. The molecule has 0 amide bonds. The van der Waals surface area contributed by atoms with Crippen molar-refractivity contribution in [2.75, 3.05) is 0 Å². The summed E-state index contributed by atoms with van der Waals surface area (Å²) in [5.74, 6) is 0.494. The fraction of sp³-hybridized carbons (Fsp3) is 0.379. The van der Waals surface area contributed by atoms with Crippen LogP contribution in [0.15, 0.2) is 59.7 Å². The van der Waals surface area contributed by atoms with Gasteiger partial charge in [0, 0.05) is 12.2 Å². The van der Waals surface area contributed by atoms with Crippen LogP contribution in [0.1, 0.15) is 70.8 Å². The minimum absolute atomic E-state index is 0.0463. The SMILES string of the molecule is CCCCCCCn1cnc2c(c1=O)c1nc3ccccc3nc1n2-c1ccc([C@@H](C)CC)cc1. The quantitative estimate of drug-likeness (QED) is 0.224. The highest BCUT2D eigenvalue weighted by molar-refractivity contribution is 6.05. The molecule has 0 fully saturated rings. The summed E-state index contributed by atoms with van der Waals surface area (Å²) in [6, 6.07) is 16.3. The molecule has 5 rings (SSSR count). The maximum atomic E-state index is 13.7. The molecule has 0 aliphatic rings. The molecule has 0 aliphatic heterocycles. The fourth-order valence-corrected chi connectivity index (χ4v) is 4.75. The monoisotopic (exact) mass is 467 g/mol. The van der Waals surface area contributed by atoms with Crippen LogP contribution in [0.2, 0.25) is 0 Å². The standard InChI is InChI=1S/C29H33N5O/c1-4-6-7-8-11-18-33-19-30-27-25(29(33)35)26-28(32-24-13-10-9-12-23(24)31-26)34(27)22-16-14-21(15-17-22)20(3)5-2/h9-10,12-17,19-20H,4-8,11,18H2,1-3H3/t20-/m0/s1. The van der Waals surface area contributed by atoms with Crippen LogP contribution in [-0.2, 0) is 6.54 Å². The molecule has 6 nitrogen and oxygen atoms in total. The van der Waals surface area contributed by atoms with Crippen molar-refractivity contribution < 1.29 is 0 Å². The molecule has 2 aromatic carbocycles. The third-order valence-corrected chi connectivity index (χ3v) is 7.07. The highest BCUT2D eigenvalue weighted by atomic mass is 16.1. The van der Waals surface area contributed by atoms with Crippen LogP contribution in [-0.4, -0.2) is 24.1 Å². The molecule has 0 saturated carbocycles. The Hall–Kier alpha value is -3.54. The summed E-state index contributed by atoms with van der Waals surface area (Å²) in [6.07, 6.45) is 8.50. The molecule has 3 aromatic heterocycles. The molecule has 35 heavy (non-hydrogen) atoms. The Morgan fingerprint density at radius 3 is 2.29 bits per heavy atom. The third-order valence-electron chi connectivity index (χ3n) is 7.07. The van der Waals surface area contributed by atoms with Crippen LogP contribution >= 0.6 is 0 Å². The van der Waals surface area contributed by atoms with Gasteiger partial charge in [-0.25, -0.2) is 15.0 Å². The molecule has 0 bridgehead atoms. The molecule has 5 aromatic rings. The number of aromatic nitrogens is 5. The Kier molecular flexibility index (Phi) is 6.62. The number of para-hydroxylation sites is 2. The van der Waals surface area contributed by atoms with Crippen LogP contribution < -0.4 is 5.56 Å². The molecule has 0 N–H and O–H groups in total. The Balaban J connectivity index is 1.68. The molecular formula is C29H33N5O. The van der Waals surface area contributed by atoms with Gasteiger partial charge >= 0.3 is 0 Å². The predicted molar refractivity (Wildman–Crippen MR) is 143 cm³/mol. The minimum atomic E-state index is -0.0463. The number of unbranched alkanes of at least 4 members (excludes halogenated alkanes) is 4. The lowest BCUT2D eigenvalue weighted by Crippen LogP contribution is -2.20. The van der Waals surface area contributed by atoms with Gasteiger partial charge in [-0.3, -0.25) is 13.9 Å². The summed E-state index contributed by atoms with van der Waals surface area (Å²) in [5, 5.41) is 0.542. The van der Waals surface area contributed by atoms with Crippen LogP contribution in [0, 0.1) is 0 Å². The molecule has 0 radical (unpaired) electrons. The van der Waals surface area contributed by atoms with Gasteiger partial charge in [0.15, 0.2) is 11.3 Å². The van der Waals surface area contributed by atoms with Crippen molar-refractivity contribution in [3.05, 3.63) is 70.8 Å². The van der Waals surface area contributed by atoms with Gasteiger partial charge in [-0.05, 0) is 48.6 Å². The molecular weight excluding hydrogens is 434 g/mol. The lowest BCUT2D eigenvalue weighted by atomic mass is 9.99. The smallest absolute Gasteiger partial charge is 0.265 e. The predicted octanol–water partition coefficient (Wildman–Crippen LogP) is 6.77. The van der Waals surface area contributed by atoms with Gasteiger partial charge < -0.3 is 0 Å². The van der Waals surface area contributed by atoms with Crippen molar-refractivity contribution in [2.24, 2.45) is 0 Å². The van der Waals surface area contributed by atoms with E-state index in [0.717, 1.165) is 36.0 Å². The zero-order valence-corrected chi connectivity index (χ0v) is 20.9. The van der Waals surface area contributed by atoms with Gasteiger partial charge in [-0.1, -0.05) is 70.7 Å². The largest absolute Gasteiger partial charge is 0.299 e. The van der Waals surface area contributed by atoms with E-state index < -0.39 is 0 Å². The summed E-state index contributed by atoms with van der Waals surface area (Å²) in [4.78, 5) is 28.3. The molecule has 0 unspecified atom stereocenters. The van der Waals surface area contributed by atoms with Crippen molar-refractivity contribution >= 4 is 33.2 Å². The average Bonchev–Trinajstić information content (AvgIpc) is 3.21. The average molecular weight is 468 g/mol. The van der Waals surface area contributed by atoms with Gasteiger partial charge in [0.1, 0.15) is 10.9 Å². The second kappa shape index (κ2) is 9.98. The molecule has 3 heterocycles. The van der Waals surface area contributed by atoms with Crippen molar-refractivity contribution in [2.45, 2.75) is 71.8 Å². The molecule has 180 valence electrons. The number of fused-ring (bicyclic) bond motifs is 4. The zero-order chi connectivity index (χ0) is 24.4. The van der Waals surface area contributed by atoms with E-state index in [9.17, 15) is 4.79 Å². The first-order valence-electron chi connectivity index (χ1n) is 12.9. The molecule has 6 heteroatoms. The minimum Gasteiger partial charge on any atom is -0.299 e. The summed E-state index contributed by atoms with van der Waals surface area (Å²) < 4.78 is 3.72. The van der Waals surface area contributed by atoms with Crippen molar-refractivity contribution in [3.63, 3.8) is 0 Å². The van der Waals surface area contributed by atoms with Crippen molar-refractivity contribution in [1.82, 2.24) is 24.1 Å². The van der Waals surface area contributed by atoms with Gasteiger partial charge in [0.05, 0.1) is 17.4 Å². The number of rotatable bonds is 9. The second-order valence-corrected chi connectivity index (χ2v) is 9.48. The highest BCUT2D eigenvalue weighted by Gasteiger charge is 2.21. The number of nitrogens with zero attached hydrogens (tertiary/aromatic N) is 5. The first-order valence-corrected chi connectivity index (χ1v) is 12.9. The first kappa shape index (κ1) is 23.2. The highest BCUT2D eigenvalue weighted by Crippen LogP contribution is 2.29. The maximum absolute atomic E-state index is 13.7. The zero-order valence-electron chi connectivity index (χ0n) is 20.9. The van der Waals surface area contributed by atoms with E-state index >= 15 is 0 Å². The van der Waals surface area contributed by atoms with Gasteiger partial charge in [-0.15, -0.1) is 0 Å². The maximum Gasteiger partial charge on any atom is 0.265 e. The van der Waals surface area contributed by atoms with Crippen molar-refractivity contribution in [1.29, 1.82) is 0 Å². The van der Waals surface area contributed by atoms with Gasteiger partial charge in [0.25, 0.3) is 5.56 Å². The summed E-state index contributed by atoms with van der Waals surface area (Å²) in [6.45, 7) is 7.31. The molecule has 0 spiro atoms. The van der Waals surface area contributed by atoms with Crippen LogP contribution in [0.5, 0.6) is 0 Å². The van der Waals surface area contributed by atoms with E-state index in [1.165, 1.54) is 24.8 Å². The normalized spacial score (nSPS) is 12.7. The van der Waals surface area contributed by atoms with Crippen LogP contribution in [0.25, 0.3) is 38.9 Å². The number of benzene rings is 2. The summed E-state index contributed by atoms with van der Waals surface area (Å²) in [5.41, 5.74) is 5.66. The molecule has 1 atom stereocenters. The Labute approximate surface area is 205 Å². The Morgan fingerprint density at radius 2 is 1.57 bits per heavy atom. The van der Waals surface area contributed by atoms with E-state index in [1.54, 1.807) is 10.9 Å². The third kappa shape index (κ3) is 4.33. The van der Waals surface area contributed by atoms with Gasteiger partial charge in [0.2, 0.25) is 0 Å².